The summed E-state index contributed by atoms with van der Waals surface area (Å²) in [4.78, 5) is 0. The number of benzene rings is 1. The second-order valence-corrected chi connectivity index (χ2v) is 22.1. The van der Waals surface area contributed by atoms with Crippen molar-refractivity contribution in [3.8, 4) is 11.5 Å². The number of hydrogen-bond donors (Lipinski definition) is 0. The lowest BCUT2D eigenvalue weighted by molar-refractivity contribution is -0.229. The molecule has 5 nitrogen and oxygen atoms in total. The third-order valence-corrected chi connectivity index (χ3v) is 12.4. The molecule has 1 aliphatic rings. The van der Waals surface area contributed by atoms with Crippen molar-refractivity contribution in [2.45, 2.75) is 83.8 Å². The average molecular weight is 559 g/mol. The summed E-state index contributed by atoms with van der Waals surface area (Å²) >= 11 is 0. The van der Waals surface area contributed by atoms with E-state index in [-0.39, 0.29) is 30.1 Å². The molecular formula is C31H50O5Si2. The van der Waals surface area contributed by atoms with Crippen molar-refractivity contribution in [1.29, 1.82) is 0 Å². The Labute approximate surface area is 234 Å². The molecule has 3 atom stereocenters. The first kappa shape index (κ1) is 32.7. The zero-order valence-electron chi connectivity index (χ0n) is 25.1. The summed E-state index contributed by atoms with van der Waals surface area (Å²) in [5.41, 5.74) is 5.44. The smallest absolute Gasteiger partial charge is 0.191 e. The van der Waals surface area contributed by atoms with Crippen LogP contribution in [-0.2, 0) is 23.4 Å². The van der Waals surface area contributed by atoms with Crippen LogP contribution >= 0.6 is 0 Å². The van der Waals surface area contributed by atoms with Gasteiger partial charge in [-0.05, 0) is 42.6 Å². The van der Waals surface area contributed by atoms with E-state index < -0.39 is 16.4 Å². The van der Waals surface area contributed by atoms with E-state index in [1.807, 2.05) is 24.3 Å². The maximum absolute atomic E-state index is 6.51. The van der Waals surface area contributed by atoms with E-state index in [0.29, 0.717) is 13.2 Å². The van der Waals surface area contributed by atoms with Gasteiger partial charge in [0, 0.05) is 25.2 Å². The number of allylic oxidation sites excluding steroid dienone is 1. The lowest BCUT2D eigenvalue weighted by Crippen LogP contribution is -2.41. The van der Waals surface area contributed by atoms with Gasteiger partial charge in [0.2, 0.25) is 0 Å². The van der Waals surface area contributed by atoms with Gasteiger partial charge in [0.1, 0.15) is 14.9 Å². The van der Waals surface area contributed by atoms with Crippen molar-refractivity contribution in [1.82, 2.24) is 0 Å². The van der Waals surface area contributed by atoms with Crippen LogP contribution < -0.4 is 0 Å². The van der Waals surface area contributed by atoms with E-state index in [0.717, 1.165) is 30.6 Å². The van der Waals surface area contributed by atoms with Gasteiger partial charge < -0.3 is 23.4 Å². The Morgan fingerprint density at radius 2 is 1.82 bits per heavy atom. The van der Waals surface area contributed by atoms with Crippen LogP contribution in [0, 0.1) is 17.4 Å². The zero-order valence-corrected chi connectivity index (χ0v) is 27.1. The zero-order chi connectivity index (χ0) is 28.2. The van der Waals surface area contributed by atoms with Gasteiger partial charge in [-0.25, -0.2) is 0 Å². The summed E-state index contributed by atoms with van der Waals surface area (Å²) in [5, 5.41) is 0.213. The van der Waals surface area contributed by atoms with Gasteiger partial charge in [-0.1, -0.05) is 88.8 Å². The largest absolute Gasteiger partial charge is 0.417 e. The van der Waals surface area contributed by atoms with Crippen molar-refractivity contribution < 1.29 is 23.4 Å². The third-order valence-electron chi connectivity index (χ3n) is 6.94. The first-order chi connectivity index (χ1) is 17.8. The molecular weight excluding hydrogens is 509 g/mol. The fourth-order valence-electron chi connectivity index (χ4n) is 3.67. The molecule has 7 heteroatoms. The standard InChI is InChI=1S/C31H50O5Si2/c1-31(2,3)38(8,9)35-21-13-18-28-24-34-30(27-16-11-10-12-17-27)36-29(28)20-19-26(23-33-25-32-4)15-14-22-37(5,6)7/h10-12,15-17,19-20,28-30H,13,18,21,23-25H2,1-9H3/b20-19+,26-15-/t28-,29+,30-/m1/s1. The van der Waals surface area contributed by atoms with Crippen LogP contribution in [0.5, 0.6) is 0 Å². The maximum atomic E-state index is 6.51. The Hall–Kier alpha value is -1.51. The van der Waals surface area contributed by atoms with Gasteiger partial charge in [-0.15, -0.1) is 5.54 Å². The molecule has 0 saturated carbocycles. The predicted molar refractivity (Wildman–Crippen MR) is 162 cm³/mol. The molecule has 0 radical (unpaired) electrons. The second-order valence-electron chi connectivity index (χ2n) is 12.5. The monoisotopic (exact) mass is 558 g/mol. The van der Waals surface area contributed by atoms with Crippen molar-refractivity contribution in [3.63, 3.8) is 0 Å². The van der Waals surface area contributed by atoms with Crippen LogP contribution in [0.15, 0.2) is 54.1 Å². The summed E-state index contributed by atoms with van der Waals surface area (Å²) in [5.74, 6) is 3.49. The molecule has 1 heterocycles. The van der Waals surface area contributed by atoms with E-state index in [2.05, 4.69) is 89.3 Å². The molecule has 1 saturated heterocycles. The summed E-state index contributed by atoms with van der Waals surface area (Å²) < 4.78 is 29.8. The Bertz CT molecular complexity index is 948. The lowest BCUT2D eigenvalue weighted by atomic mass is 9.95. The van der Waals surface area contributed by atoms with Gasteiger partial charge in [-0.2, -0.15) is 0 Å². The van der Waals surface area contributed by atoms with Crippen LogP contribution in [0.4, 0.5) is 0 Å². The summed E-state index contributed by atoms with van der Waals surface area (Å²) in [6.45, 7) is 20.3. The molecule has 0 aromatic heterocycles. The maximum Gasteiger partial charge on any atom is 0.191 e. The Kier molecular flexibility index (Phi) is 13.2. The Morgan fingerprint density at radius 1 is 1.11 bits per heavy atom. The number of ether oxygens (including phenoxy) is 4. The van der Waals surface area contributed by atoms with Crippen molar-refractivity contribution in [2.24, 2.45) is 5.92 Å². The molecule has 1 fully saturated rings. The molecule has 0 aliphatic carbocycles. The first-order valence-electron chi connectivity index (χ1n) is 13.7. The molecule has 38 heavy (non-hydrogen) atoms. The van der Waals surface area contributed by atoms with Gasteiger partial charge in [-0.3, -0.25) is 0 Å². The second kappa shape index (κ2) is 15.3. The van der Waals surface area contributed by atoms with E-state index in [1.54, 1.807) is 7.11 Å². The number of rotatable bonds is 12. The van der Waals surface area contributed by atoms with Gasteiger partial charge in [0.15, 0.2) is 14.6 Å². The van der Waals surface area contributed by atoms with E-state index >= 15 is 0 Å². The van der Waals surface area contributed by atoms with Gasteiger partial charge in [0.05, 0.1) is 19.3 Å². The average Bonchev–Trinajstić information content (AvgIpc) is 2.84. The Balaban J connectivity index is 2.16. The molecule has 0 N–H and O–H groups in total. The van der Waals surface area contributed by atoms with E-state index in [9.17, 15) is 0 Å². The van der Waals surface area contributed by atoms with E-state index in [4.69, 9.17) is 23.4 Å². The minimum atomic E-state index is -1.75. The molecule has 1 aromatic carbocycles. The molecule has 0 unspecified atom stereocenters. The molecule has 1 aromatic rings. The minimum Gasteiger partial charge on any atom is -0.417 e. The van der Waals surface area contributed by atoms with Crippen molar-refractivity contribution >= 4 is 16.4 Å². The fraction of sp³-hybridized carbons (Fsp3) is 0.613. The van der Waals surface area contributed by atoms with Gasteiger partial charge >= 0.3 is 0 Å². The first-order valence-corrected chi connectivity index (χ1v) is 20.2. The van der Waals surface area contributed by atoms with Gasteiger partial charge in [0.25, 0.3) is 0 Å². The predicted octanol–water partition coefficient (Wildman–Crippen LogP) is 7.50. The van der Waals surface area contributed by atoms with Crippen LogP contribution in [0.3, 0.4) is 0 Å². The van der Waals surface area contributed by atoms with Crippen molar-refractivity contribution in [2.75, 3.05) is 33.7 Å². The van der Waals surface area contributed by atoms with Crippen LogP contribution in [0.2, 0.25) is 37.8 Å². The van der Waals surface area contributed by atoms with E-state index in [1.165, 1.54) is 0 Å². The topological polar surface area (TPSA) is 46.2 Å². The summed E-state index contributed by atoms with van der Waals surface area (Å²) in [7, 11) is -1.59. The molecule has 212 valence electrons. The third kappa shape index (κ3) is 11.7. The Morgan fingerprint density at radius 3 is 2.45 bits per heavy atom. The highest BCUT2D eigenvalue weighted by Gasteiger charge is 2.37. The van der Waals surface area contributed by atoms with Crippen LogP contribution in [-0.4, -0.2) is 56.2 Å². The van der Waals surface area contributed by atoms with Crippen LogP contribution in [0.25, 0.3) is 0 Å². The minimum absolute atomic E-state index is 0.0856. The van der Waals surface area contributed by atoms with Crippen molar-refractivity contribution in [3.05, 3.63) is 59.7 Å². The fourth-order valence-corrected chi connectivity index (χ4v) is 5.26. The molecule has 0 amide bonds. The van der Waals surface area contributed by atoms with Crippen LogP contribution in [0.1, 0.15) is 45.5 Å². The highest BCUT2D eigenvalue weighted by molar-refractivity contribution is 6.83. The molecule has 2 rings (SSSR count). The highest BCUT2D eigenvalue weighted by atomic mass is 28.4. The number of hydrogen-bond acceptors (Lipinski definition) is 5. The molecule has 0 bridgehead atoms. The summed E-state index contributed by atoms with van der Waals surface area (Å²) in [6, 6.07) is 10.1. The highest BCUT2D eigenvalue weighted by Crippen LogP contribution is 2.37. The normalized spacial score (nSPS) is 21.4. The molecule has 1 aliphatic heterocycles. The quantitative estimate of drug-likeness (QED) is 0.0874. The number of methoxy groups -OCH3 is 1. The summed E-state index contributed by atoms with van der Waals surface area (Å²) in [6.07, 6.45) is 7.68. The lowest BCUT2D eigenvalue weighted by Gasteiger charge is -2.37. The molecule has 0 spiro atoms. The SMILES string of the molecule is COCOCC(=C\C#C[Si](C)(C)C)/C=C/[C@@H]1O[C@H](c2ccccc2)OC[C@H]1CCCO[Si](C)(C)C(C)(C)C.